The van der Waals surface area contributed by atoms with Crippen molar-refractivity contribution in [2.24, 2.45) is 5.73 Å². The van der Waals surface area contributed by atoms with Gasteiger partial charge in [-0.1, -0.05) is 103 Å². The molecule has 0 amide bonds. The molecule has 0 spiro atoms. The summed E-state index contributed by atoms with van der Waals surface area (Å²) in [7, 11) is 0. The summed E-state index contributed by atoms with van der Waals surface area (Å²) in [6, 6.07) is 34.1. The first-order chi connectivity index (χ1) is 21.3. The minimum atomic E-state index is 0.873. The van der Waals surface area contributed by atoms with Gasteiger partial charge in [-0.25, -0.2) is 0 Å². The Balaban J connectivity index is 0.000000244. The molecular formula is C41H56BN. The average molecular weight is 574 g/mol. The third-order valence-corrected chi connectivity index (χ3v) is 8.35. The molecule has 0 saturated heterocycles. The first-order valence-electron chi connectivity index (χ1n) is 17.3. The molecule has 2 heteroatoms. The summed E-state index contributed by atoms with van der Waals surface area (Å²) >= 11 is 0. The van der Waals surface area contributed by atoms with Gasteiger partial charge in [0.2, 0.25) is 0 Å². The molecule has 0 saturated carbocycles. The van der Waals surface area contributed by atoms with Crippen molar-refractivity contribution in [3.63, 3.8) is 0 Å². The monoisotopic (exact) mass is 573 g/mol. The normalized spacial score (nSPS) is 10.7. The Bertz CT molecular complexity index is 1130. The van der Waals surface area contributed by atoms with Crippen LogP contribution in [0, 0.1) is 0 Å². The molecule has 0 aliphatic heterocycles. The number of hydrogen-bond acceptors (Lipinski definition) is 1. The van der Waals surface area contributed by atoms with Gasteiger partial charge in [-0.05, 0) is 13.0 Å². The predicted octanol–water partition coefficient (Wildman–Crippen LogP) is 12.2. The molecule has 0 aliphatic carbocycles. The average Bonchev–Trinajstić information content (AvgIpc) is 3.08. The SMILES string of the molecule is CCCCCCCCCCCCCCCCCCN.b1ccc(-c2ccccc2)c(-c2ccccc2)c1-c1ccccc1. The molecule has 0 unspecified atom stereocenters. The maximum absolute atomic E-state index is 5.48. The van der Waals surface area contributed by atoms with Crippen LogP contribution < -0.4 is 5.73 Å². The van der Waals surface area contributed by atoms with Gasteiger partial charge >= 0.3 is 143 Å². The van der Waals surface area contributed by atoms with Crippen LogP contribution in [0.15, 0.2) is 103 Å². The summed E-state index contributed by atoms with van der Waals surface area (Å²) in [4.78, 5) is 0. The van der Waals surface area contributed by atoms with Crippen molar-refractivity contribution >= 4 is 6.91 Å². The number of unbranched alkanes of at least 4 members (excludes halogenated alkanes) is 15. The number of rotatable bonds is 19. The van der Waals surface area contributed by atoms with E-state index in [4.69, 9.17) is 5.73 Å². The summed E-state index contributed by atoms with van der Waals surface area (Å²) in [6.07, 6.45) is 22.9. The summed E-state index contributed by atoms with van der Waals surface area (Å²) in [5.41, 5.74) is 13.0. The van der Waals surface area contributed by atoms with Crippen molar-refractivity contribution in [2.75, 3.05) is 6.54 Å². The van der Waals surface area contributed by atoms with E-state index >= 15 is 0 Å². The van der Waals surface area contributed by atoms with Gasteiger partial charge in [0.05, 0.1) is 0 Å². The molecule has 0 aliphatic rings. The minimum absolute atomic E-state index is 0.873. The quantitative estimate of drug-likeness (QED) is 0.111. The van der Waals surface area contributed by atoms with Crippen LogP contribution in [-0.2, 0) is 0 Å². The molecule has 4 rings (SSSR count). The van der Waals surface area contributed by atoms with Crippen molar-refractivity contribution < 1.29 is 0 Å². The first kappa shape index (κ1) is 34.5. The molecular weight excluding hydrogens is 517 g/mol. The number of benzene rings is 3. The second-order valence-electron chi connectivity index (χ2n) is 11.9. The van der Waals surface area contributed by atoms with E-state index < -0.39 is 0 Å². The molecule has 2 N–H and O–H groups in total. The molecule has 228 valence electrons. The second kappa shape index (κ2) is 22.6. The van der Waals surface area contributed by atoms with Crippen molar-refractivity contribution in [1.82, 2.24) is 0 Å². The van der Waals surface area contributed by atoms with E-state index in [2.05, 4.69) is 117 Å². The summed E-state index contributed by atoms with van der Waals surface area (Å²) in [6.45, 7) is 5.38. The Labute approximate surface area is 264 Å². The third kappa shape index (κ3) is 13.5. The molecule has 4 aromatic rings. The zero-order valence-corrected chi connectivity index (χ0v) is 27.0. The Morgan fingerprint density at radius 2 is 0.837 bits per heavy atom. The van der Waals surface area contributed by atoms with Crippen LogP contribution in [0.2, 0.25) is 0 Å². The van der Waals surface area contributed by atoms with E-state index in [0.717, 1.165) is 6.54 Å². The van der Waals surface area contributed by atoms with Crippen molar-refractivity contribution in [3.8, 4) is 33.3 Å². The van der Waals surface area contributed by atoms with Gasteiger partial charge in [0.1, 0.15) is 0 Å². The maximum atomic E-state index is 5.48. The standard InChI is InChI=1S/C23H17B.C18H39N/c1-4-10-18(11-5-1)21-16-17-24-23(20-14-8-3-9-15-20)22(21)19-12-6-2-7-13-19;1-2-3-4-5-6-7-8-9-10-11-12-13-14-15-16-17-18-19/h1-17H;2-19H2,1H3. The van der Waals surface area contributed by atoms with Crippen LogP contribution >= 0.6 is 0 Å². The zero-order chi connectivity index (χ0) is 30.2. The number of nitrogens with two attached hydrogens (primary N) is 1. The van der Waals surface area contributed by atoms with Crippen LogP contribution in [0.3, 0.4) is 0 Å². The molecule has 1 heterocycles. The van der Waals surface area contributed by atoms with E-state index in [9.17, 15) is 0 Å². The Morgan fingerprint density at radius 3 is 1.28 bits per heavy atom. The van der Waals surface area contributed by atoms with Gasteiger partial charge in [0.15, 0.2) is 0 Å². The summed E-state index contributed by atoms with van der Waals surface area (Å²) in [5.74, 6) is 2.15. The molecule has 3 aromatic carbocycles. The fourth-order valence-corrected chi connectivity index (χ4v) is 5.88. The van der Waals surface area contributed by atoms with Crippen LogP contribution in [0.1, 0.15) is 110 Å². The fourth-order valence-electron chi connectivity index (χ4n) is 5.88. The Morgan fingerprint density at radius 1 is 0.442 bits per heavy atom. The van der Waals surface area contributed by atoms with E-state index in [-0.39, 0.29) is 0 Å². The van der Waals surface area contributed by atoms with E-state index in [1.165, 1.54) is 136 Å². The van der Waals surface area contributed by atoms with E-state index in [1.807, 2.05) is 0 Å². The van der Waals surface area contributed by atoms with Gasteiger partial charge in [-0.15, -0.1) is 0 Å². The molecule has 43 heavy (non-hydrogen) atoms. The fraction of sp³-hybridized carbons (Fsp3) is 0.439. The van der Waals surface area contributed by atoms with Crippen molar-refractivity contribution in [2.45, 2.75) is 110 Å². The predicted molar refractivity (Wildman–Crippen MR) is 193 cm³/mol. The van der Waals surface area contributed by atoms with Gasteiger partial charge in [-0.2, -0.15) is 0 Å². The third-order valence-electron chi connectivity index (χ3n) is 8.35. The van der Waals surface area contributed by atoms with Crippen LogP contribution in [0.25, 0.3) is 33.3 Å². The van der Waals surface area contributed by atoms with Crippen molar-refractivity contribution in [1.29, 1.82) is 0 Å². The summed E-state index contributed by atoms with van der Waals surface area (Å²) < 4.78 is 0. The molecule has 0 bridgehead atoms. The molecule has 1 aromatic heterocycles. The molecule has 1 nitrogen and oxygen atoms in total. The van der Waals surface area contributed by atoms with Gasteiger partial charge in [0, 0.05) is 0 Å². The Hall–Kier alpha value is -2.97. The van der Waals surface area contributed by atoms with E-state index in [0.29, 0.717) is 0 Å². The van der Waals surface area contributed by atoms with E-state index in [1.54, 1.807) is 0 Å². The van der Waals surface area contributed by atoms with Crippen molar-refractivity contribution in [3.05, 3.63) is 103 Å². The van der Waals surface area contributed by atoms with Gasteiger partial charge < -0.3 is 5.73 Å². The van der Waals surface area contributed by atoms with Crippen LogP contribution in [-0.4, -0.2) is 13.5 Å². The number of hydrogen-bond donors (Lipinski definition) is 1. The topological polar surface area (TPSA) is 26.0 Å². The molecule has 0 fully saturated rings. The first-order valence-corrected chi connectivity index (χ1v) is 17.3. The zero-order valence-electron chi connectivity index (χ0n) is 27.0. The van der Waals surface area contributed by atoms with Crippen LogP contribution in [0.5, 0.6) is 0 Å². The summed E-state index contributed by atoms with van der Waals surface area (Å²) in [5, 5.41) is 0. The molecule has 0 atom stereocenters. The second-order valence-corrected chi connectivity index (χ2v) is 11.9. The van der Waals surface area contributed by atoms with Gasteiger partial charge in [-0.3, -0.25) is 0 Å². The molecule has 0 radical (unpaired) electrons. The van der Waals surface area contributed by atoms with Crippen LogP contribution in [0.4, 0.5) is 0 Å². The van der Waals surface area contributed by atoms with Gasteiger partial charge in [0.25, 0.3) is 0 Å². The Kier molecular flexibility index (Phi) is 18.1.